The smallest absolute Gasteiger partial charge is 0.220 e. The maximum Gasteiger partial charge on any atom is 0.220 e. The van der Waals surface area contributed by atoms with Crippen molar-refractivity contribution in [2.24, 2.45) is 0 Å². The van der Waals surface area contributed by atoms with Crippen molar-refractivity contribution in [2.45, 2.75) is 38.6 Å². The maximum atomic E-state index is 11.8. The number of amides is 1. The number of carbonyl (C=O) groups excluding carboxylic acids is 2. The van der Waals surface area contributed by atoms with Crippen LogP contribution >= 0.6 is 0 Å². The lowest BCUT2D eigenvalue weighted by Gasteiger charge is -2.03. The molecular weight excluding hydrogens is 214 g/mol. The highest BCUT2D eigenvalue weighted by molar-refractivity contribution is 5.98. The molecule has 3 heteroatoms. The molecule has 0 radical (unpaired) electrons. The molecule has 0 aromatic heterocycles. The molecule has 1 aromatic carbocycles. The van der Waals surface area contributed by atoms with Gasteiger partial charge >= 0.3 is 0 Å². The zero-order chi connectivity index (χ0) is 12.3. The Morgan fingerprint density at radius 2 is 1.82 bits per heavy atom. The fourth-order valence-corrected chi connectivity index (χ4v) is 1.64. The first-order valence-electron chi connectivity index (χ1n) is 6.04. The monoisotopic (exact) mass is 231 g/mol. The van der Waals surface area contributed by atoms with Crippen LogP contribution in [0.5, 0.6) is 0 Å². The standard InChI is InChI=1S/C14H17NO2/c1-10-2-4-11(5-3-10)13(16)8-9-14(17)15-12-6-7-12/h2-5,12H,6-9H2,1H3,(H,15,17). The normalized spacial score (nSPS) is 14.4. The van der Waals surface area contributed by atoms with E-state index in [0.29, 0.717) is 24.4 Å². The van der Waals surface area contributed by atoms with Crippen LogP contribution in [0.15, 0.2) is 24.3 Å². The lowest BCUT2D eigenvalue weighted by molar-refractivity contribution is -0.121. The summed E-state index contributed by atoms with van der Waals surface area (Å²) in [5, 5.41) is 2.88. The summed E-state index contributed by atoms with van der Waals surface area (Å²) >= 11 is 0. The second kappa shape index (κ2) is 5.13. The highest BCUT2D eigenvalue weighted by Crippen LogP contribution is 2.18. The Kier molecular flexibility index (Phi) is 3.57. The van der Waals surface area contributed by atoms with Crippen LogP contribution in [0.2, 0.25) is 0 Å². The first kappa shape index (κ1) is 11.8. The third-order valence-electron chi connectivity index (χ3n) is 2.90. The lowest BCUT2D eigenvalue weighted by atomic mass is 10.1. The number of nitrogens with one attached hydrogen (secondary N) is 1. The lowest BCUT2D eigenvalue weighted by Crippen LogP contribution is -2.25. The van der Waals surface area contributed by atoms with Crippen molar-refractivity contribution in [1.29, 1.82) is 0 Å². The summed E-state index contributed by atoms with van der Waals surface area (Å²) in [6, 6.07) is 7.83. The molecule has 3 nitrogen and oxygen atoms in total. The SMILES string of the molecule is Cc1ccc(C(=O)CCC(=O)NC2CC2)cc1. The molecule has 1 aliphatic rings. The Hall–Kier alpha value is -1.64. The number of aryl methyl sites for hydroxylation is 1. The van der Waals surface area contributed by atoms with Gasteiger partial charge in [0.25, 0.3) is 0 Å². The van der Waals surface area contributed by atoms with Gasteiger partial charge in [-0.1, -0.05) is 29.8 Å². The molecule has 0 unspecified atom stereocenters. The van der Waals surface area contributed by atoms with Crippen LogP contribution in [0, 0.1) is 6.92 Å². The number of ketones is 1. The molecule has 0 heterocycles. The zero-order valence-corrected chi connectivity index (χ0v) is 10.0. The molecule has 0 aliphatic heterocycles. The van der Waals surface area contributed by atoms with Crippen LogP contribution in [-0.2, 0) is 4.79 Å². The molecule has 1 saturated carbocycles. The van der Waals surface area contributed by atoms with Gasteiger partial charge in [0.2, 0.25) is 5.91 Å². The summed E-state index contributed by atoms with van der Waals surface area (Å²) in [4.78, 5) is 23.2. The number of rotatable bonds is 5. The van der Waals surface area contributed by atoms with Gasteiger partial charge in [-0.15, -0.1) is 0 Å². The van der Waals surface area contributed by atoms with E-state index in [4.69, 9.17) is 0 Å². The molecule has 17 heavy (non-hydrogen) atoms. The van der Waals surface area contributed by atoms with Gasteiger partial charge in [-0.3, -0.25) is 9.59 Å². The van der Waals surface area contributed by atoms with Crippen LogP contribution in [0.4, 0.5) is 0 Å². The Morgan fingerprint density at radius 3 is 2.41 bits per heavy atom. The van der Waals surface area contributed by atoms with Crippen molar-refractivity contribution in [2.75, 3.05) is 0 Å². The van der Waals surface area contributed by atoms with E-state index in [9.17, 15) is 9.59 Å². The van der Waals surface area contributed by atoms with E-state index in [2.05, 4.69) is 5.32 Å². The van der Waals surface area contributed by atoms with Crippen molar-refractivity contribution in [3.05, 3.63) is 35.4 Å². The van der Waals surface area contributed by atoms with Gasteiger partial charge in [0, 0.05) is 24.4 Å². The van der Waals surface area contributed by atoms with Crippen molar-refractivity contribution >= 4 is 11.7 Å². The van der Waals surface area contributed by atoms with Crippen molar-refractivity contribution in [1.82, 2.24) is 5.32 Å². The summed E-state index contributed by atoms with van der Waals surface area (Å²) in [6.07, 6.45) is 2.75. The second-order valence-corrected chi connectivity index (χ2v) is 4.63. The summed E-state index contributed by atoms with van der Waals surface area (Å²) in [5.74, 6) is 0.0314. The molecule has 1 fully saturated rings. The largest absolute Gasteiger partial charge is 0.353 e. The van der Waals surface area contributed by atoms with E-state index in [0.717, 1.165) is 18.4 Å². The van der Waals surface area contributed by atoms with Crippen molar-refractivity contribution < 1.29 is 9.59 Å². The number of hydrogen-bond donors (Lipinski definition) is 1. The van der Waals surface area contributed by atoms with Crippen LogP contribution in [0.3, 0.4) is 0 Å². The molecule has 1 amide bonds. The highest BCUT2D eigenvalue weighted by Gasteiger charge is 2.23. The van der Waals surface area contributed by atoms with E-state index in [1.807, 2.05) is 31.2 Å². The Balaban J connectivity index is 1.79. The summed E-state index contributed by atoms with van der Waals surface area (Å²) in [7, 11) is 0. The van der Waals surface area contributed by atoms with Crippen LogP contribution in [-0.4, -0.2) is 17.7 Å². The van der Waals surface area contributed by atoms with Crippen molar-refractivity contribution in [3.8, 4) is 0 Å². The van der Waals surface area contributed by atoms with E-state index in [1.54, 1.807) is 0 Å². The van der Waals surface area contributed by atoms with Crippen LogP contribution in [0.25, 0.3) is 0 Å². The number of carbonyl (C=O) groups is 2. The summed E-state index contributed by atoms with van der Waals surface area (Å²) in [6.45, 7) is 1.98. The van der Waals surface area contributed by atoms with E-state index in [-0.39, 0.29) is 11.7 Å². The Bertz CT molecular complexity index is 418. The number of hydrogen-bond acceptors (Lipinski definition) is 2. The highest BCUT2D eigenvalue weighted by atomic mass is 16.2. The predicted octanol–water partition coefficient (Wildman–Crippen LogP) is 2.24. The molecule has 90 valence electrons. The molecule has 1 aromatic rings. The molecule has 0 saturated heterocycles. The molecule has 0 atom stereocenters. The maximum absolute atomic E-state index is 11.8. The minimum Gasteiger partial charge on any atom is -0.353 e. The minimum atomic E-state index is -0.00652. The van der Waals surface area contributed by atoms with Gasteiger partial charge in [0.15, 0.2) is 5.78 Å². The van der Waals surface area contributed by atoms with Gasteiger partial charge in [-0.25, -0.2) is 0 Å². The molecule has 1 aliphatic carbocycles. The zero-order valence-electron chi connectivity index (χ0n) is 10.0. The minimum absolute atomic E-state index is 0.00652. The fourth-order valence-electron chi connectivity index (χ4n) is 1.64. The van der Waals surface area contributed by atoms with Gasteiger partial charge < -0.3 is 5.32 Å². The summed E-state index contributed by atoms with van der Waals surface area (Å²) in [5.41, 5.74) is 1.82. The summed E-state index contributed by atoms with van der Waals surface area (Å²) < 4.78 is 0. The third kappa shape index (κ3) is 3.70. The third-order valence-corrected chi connectivity index (χ3v) is 2.90. The number of benzene rings is 1. The van der Waals surface area contributed by atoms with Gasteiger partial charge in [0.1, 0.15) is 0 Å². The molecule has 1 N–H and O–H groups in total. The Morgan fingerprint density at radius 1 is 1.18 bits per heavy atom. The van der Waals surface area contributed by atoms with E-state index < -0.39 is 0 Å². The Labute approximate surface area is 101 Å². The quantitative estimate of drug-likeness (QED) is 0.790. The second-order valence-electron chi connectivity index (χ2n) is 4.63. The first-order chi connectivity index (χ1) is 8.15. The first-order valence-corrected chi connectivity index (χ1v) is 6.04. The van der Waals surface area contributed by atoms with Crippen molar-refractivity contribution in [3.63, 3.8) is 0 Å². The number of Topliss-reactive ketones (excluding diaryl/α,β-unsaturated/α-hetero) is 1. The average molecular weight is 231 g/mol. The fraction of sp³-hybridized carbons (Fsp3) is 0.429. The van der Waals surface area contributed by atoms with Gasteiger partial charge in [-0.2, -0.15) is 0 Å². The molecule has 2 rings (SSSR count). The van der Waals surface area contributed by atoms with Crippen LogP contribution in [0.1, 0.15) is 41.6 Å². The molecule has 0 spiro atoms. The van der Waals surface area contributed by atoms with E-state index >= 15 is 0 Å². The molecule has 0 bridgehead atoms. The molecular formula is C14H17NO2. The van der Waals surface area contributed by atoms with Crippen LogP contribution < -0.4 is 5.32 Å². The van der Waals surface area contributed by atoms with E-state index in [1.165, 1.54) is 0 Å². The predicted molar refractivity (Wildman–Crippen MR) is 65.9 cm³/mol. The van der Waals surface area contributed by atoms with Gasteiger partial charge in [-0.05, 0) is 19.8 Å². The topological polar surface area (TPSA) is 46.2 Å². The average Bonchev–Trinajstić information content (AvgIpc) is 3.11. The van der Waals surface area contributed by atoms with Gasteiger partial charge in [0.05, 0.1) is 0 Å².